The van der Waals surface area contributed by atoms with Crippen LogP contribution in [0.15, 0.2) is 18.5 Å². The lowest BCUT2D eigenvalue weighted by atomic mass is 9.81. The maximum absolute atomic E-state index is 13.0. The van der Waals surface area contributed by atoms with Crippen molar-refractivity contribution in [3.05, 3.63) is 29.6 Å². The summed E-state index contributed by atoms with van der Waals surface area (Å²) in [5, 5.41) is 10.6. The highest BCUT2D eigenvalue weighted by Crippen LogP contribution is 2.48. The topological polar surface area (TPSA) is 33.1 Å². The van der Waals surface area contributed by atoms with Crippen LogP contribution >= 0.6 is 0 Å². The van der Waals surface area contributed by atoms with Gasteiger partial charge in [-0.05, 0) is 31.2 Å². The number of hydrogen-bond acceptors (Lipinski definition) is 2. The number of nitrogens with zero attached hydrogens (tertiary/aromatic N) is 1. The van der Waals surface area contributed by atoms with Gasteiger partial charge in [-0.1, -0.05) is 13.3 Å². The SMILES string of the molecule is CCC1CCCC1(O)c1cnccc1C(F)(F)F. The molecule has 0 spiro atoms. The van der Waals surface area contributed by atoms with E-state index in [9.17, 15) is 18.3 Å². The molecule has 1 aliphatic carbocycles. The average molecular weight is 259 g/mol. The monoisotopic (exact) mass is 259 g/mol. The molecule has 1 aromatic rings. The van der Waals surface area contributed by atoms with Crippen LogP contribution in [0.1, 0.15) is 43.7 Å². The predicted molar refractivity (Wildman–Crippen MR) is 60.8 cm³/mol. The van der Waals surface area contributed by atoms with E-state index in [0.717, 1.165) is 31.3 Å². The average Bonchev–Trinajstić information content (AvgIpc) is 2.71. The van der Waals surface area contributed by atoms with Gasteiger partial charge in [-0.15, -0.1) is 0 Å². The number of pyridine rings is 1. The Labute approximate surface area is 104 Å². The van der Waals surface area contributed by atoms with Crippen molar-refractivity contribution in [1.82, 2.24) is 4.98 Å². The summed E-state index contributed by atoms with van der Waals surface area (Å²) in [7, 11) is 0. The maximum atomic E-state index is 13.0. The first kappa shape index (κ1) is 13.3. The van der Waals surface area contributed by atoms with Crippen LogP contribution in [0.25, 0.3) is 0 Å². The fourth-order valence-electron chi connectivity index (χ4n) is 2.94. The molecule has 0 aromatic carbocycles. The summed E-state index contributed by atoms with van der Waals surface area (Å²) < 4.78 is 38.9. The van der Waals surface area contributed by atoms with E-state index >= 15 is 0 Å². The Kier molecular flexibility index (Phi) is 3.36. The van der Waals surface area contributed by atoms with Crippen LogP contribution < -0.4 is 0 Å². The van der Waals surface area contributed by atoms with Gasteiger partial charge in [0, 0.05) is 18.0 Å². The minimum absolute atomic E-state index is 0.0677. The third kappa shape index (κ3) is 2.11. The second kappa shape index (κ2) is 4.53. The number of hydrogen-bond donors (Lipinski definition) is 1. The molecule has 18 heavy (non-hydrogen) atoms. The summed E-state index contributed by atoms with van der Waals surface area (Å²) in [6, 6.07) is 0.943. The zero-order valence-electron chi connectivity index (χ0n) is 10.2. The smallest absolute Gasteiger partial charge is 0.385 e. The normalized spacial score (nSPS) is 28.6. The van der Waals surface area contributed by atoms with E-state index in [1.54, 1.807) is 0 Å². The van der Waals surface area contributed by atoms with E-state index < -0.39 is 17.3 Å². The first-order valence-electron chi connectivity index (χ1n) is 6.13. The second-order valence-electron chi connectivity index (χ2n) is 4.84. The van der Waals surface area contributed by atoms with Gasteiger partial charge in [-0.2, -0.15) is 13.2 Å². The minimum Gasteiger partial charge on any atom is -0.385 e. The van der Waals surface area contributed by atoms with Gasteiger partial charge in [-0.25, -0.2) is 0 Å². The highest BCUT2D eigenvalue weighted by Gasteiger charge is 2.46. The minimum atomic E-state index is -4.45. The number of aliphatic hydroxyl groups is 1. The molecule has 2 nitrogen and oxygen atoms in total. The van der Waals surface area contributed by atoms with E-state index in [4.69, 9.17) is 0 Å². The van der Waals surface area contributed by atoms with Crippen molar-refractivity contribution < 1.29 is 18.3 Å². The van der Waals surface area contributed by atoms with Crippen molar-refractivity contribution in [2.45, 2.75) is 44.4 Å². The highest BCUT2D eigenvalue weighted by molar-refractivity contribution is 5.33. The third-order valence-electron chi connectivity index (χ3n) is 3.87. The summed E-state index contributed by atoms with van der Waals surface area (Å²) >= 11 is 0. The molecule has 100 valence electrons. The number of halogens is 3. The lowest BCUT2D eigenvalue weighted by Crippen LogP contribution is -2.32. The van der Waals surface area contributed by atoms with Crippen LogP contribution in [0.4, 0.5) is 13.2 Å². The molecule has 1 aromatic heterocycles. The highest BCUT2D eigenvalue weighted by atomic mass is 19.4. The predicted octanol–water partition coefficient (Wildman–Crippen LogP) is 3.50. The van der Waals surface area contributed by atoms with Crippen molar-refractivity contribution >= 4 is 0 Å². The van der Waals surface area contributed by atoms with Gasteiger partial charge in [0.15, 0.2) is 0 Å². The number of aromatic nitrogens is 1. The lowest BCUT2D eigenvalue weighted by molar-refractivity contribution is -0.141. The standard InChI is InChI=1S/C13H16F3NO/c1-2-9-4-3-6-12(9,18)11-8-17-7-5-10(11)13(14,15)16/h5,7-9,18H,2-4,6H2,1H3. The Morgan fingerprint density at radius 2 is 2.22 bits per heavy atom. The Morgan fingerprint density at radius 3 is 2.83 bits per heavy atom. The molecule has 2 rings (SSSR count). The Bertz CT molecular complexity index is 432. The molecule has 1 N–H and O–H groups in total. The summed E-state index contributed by atoms with van der Waals surface area (Å²) in [4.78, 5) is 3.76. The molecule has 2 unspecified atom stereocenters. The van der Waals surface area contributed by atoms with Crippen molar-refractivity contribution in [1.29, 1.82) is 0 Å². The summed E-state index contributed by atoms with van der Waals surface area (Å²) in [5.74, 6) is -0.122. The van der Waals surface area contributed by atoms with Crippen molar-refractivity contribution in [3.8, 4) is 0 Å². The van der Waals surface area contributed by atoms with E-state index in [2.05, 4.69) is 4.98 Å². The van der Waals surface area contributed by atoms with E-state index in [1.807, 2.05) is 6.92 Å². The Hall–Kier alpha value is -1.10. The van der Waals surface area contributed by atoms with Gasteiger partial charge in [0.05, 0.1) is 11.2 Å². The van der Waals surface area contributed by atoms with E-state index in [0.29, 0.717) is 12.8 Å². The van der Waals surface area contributed by atoms with Crippen LogP contribution in [0.5, 0.6) is 0 Å². The summed E-state index contributed by atoms with van der Waals surface area (Å²) in [5.41, 5.74) is -2.21. The first-order chi connectivity index (χ1) is 8.39. The van der Waals surface area contributed by atoms with Crippen LogP contribution in [-0.4, -0.2) is 10.1 Å². The Morgan fingerprint density at radius 1 is 1.50 bits per heavy atom. The van der Waals surface area contributed by atoms with Gasteiger partial charge in [-0.3, -0.25) is 4.98 Å². The molecule has 0 amide bonds. The quantitative estimate of drug-likeness (QED) is 0.881. The summed E-state index contributed by atoms with van der Waals surface area (Å²) in [6.07, 6.45) is 0.390. The zero-order valence-corrected chi connectivity index (χ0v) is 10.2. The molecule has 5 heteroatoms. The zero-order chi connectivity index (χ0) is 13.4. The first-order valence-corrected chi connectivity index (χ1v) is 6.13. The molecule has 2 atom stereocenters. The van der Waals surface area contributed by atoms with Crippen LogP contribution in [-0.2, 0) is 11.8 Å². The molecule has 1 fully saturated rings. The molecule has 0 radical (unpaired) electrons. The fourth-order valence-corrected chi connectivity index (χ4v) is 2.94. The number of rotatable bonds is 2. The van der Waals surface area contributed by atoms with Gasteiger partial charge in [0.1, 0.15) is 0 Å². The van der Waals surface area contributed by atoms with Gasteiger partial charge in [0.2, 0.25) is 0 Å². The van der Waals surface area contributed by atoms with Crippen LogP contribution in [0.2, 0.25) is 0 Å². The van der Waals surface area contributed by atoms with E-state index in [1.165, 1.54) is 0 Å². The molecule has 1 aliphatic rings. The molecule has 1 heterocycles. The lowest BCUT2D eigenvalue weighted by Gasteiger charge is -2.32. The van der Waals surface area contributed by atoms with Crippen LogP contribution in [0, 0.1) is 5.92 Å². The van der Waals surface area contributed by atoms with Gasteiger partial charge >= 0.3 is 6.18 Å². The summed E-state index contributed by atoms with van der Waals surface area (Å²) in [6.45, 7) is 1.89. The molecule has 0 bridgehead atoms. The fraction of sp³-hybridized carbons (Fsp3) is 0.615. The van der Waals surface area contributed by atoms with Crippen LogP contribution in [0.3, 0.4) is 0 Å². The van der Waals surface area contributed by atoms with Crippen molar-refractivity contribution in [2.75, 3.05) is 0 Å². The van der Waals surface area contributed by atoms with Crippen molar-refractivity contribution in [2.24, 2.45) is 5.92 Å². The molecule has 1 saturated carbocycles. The van der Waals surface area contributed by atoms with Gasteiger partial charge < -0.3 is 5.11 Å². The largest absolute Gasteiger partial charge is 0.416 e. The van der Waals surface area contributed by atoms with E-state index in [-0.39, 0.29) is 11.5 Å². The maximum Gasteiger partial charge on any atom is 0.416 e. The molecule has 0 aliphatic heterocycles. The molecule has 0 saturated heterocycles. The number of alkyl halides is 3. The third-order valence-corrected chi connectivity index (χ3v) is 3.87. The van der Waals surface area contributed by atoms with Gasteiger partial charge in [0.25, 0.3) is 0 Å². The van der Waals surface area contributed by atoms with Crippen molar-refractivity contribution in [3.63, 3.8) is 0 Å². The molecular weight excluding hydrogens is 243 g/mol. The second-order valence-corrected chi connectivity index (χ2v) is 4.84. The molecular formula is C13H16F3NO. The Balaban J connectivity index is 2.51.